The monoisotopic (exact) mass is 269 g/mol. The summed E-state index contributed by atoms with van der Waals surface area (Å²) in [6, 6.07) is 4.45. The third-order valence-electron chi connectivity index (χ3n) is 2.08. The molecule has 0 aliphatic rings. The van der Waals surface area contributed by atoms with Crippen LogP contribution in [0, 0.1) is 5.92 Å². The number of halogens is 3. The second-order valence-corrected chi connectivity index (χ2v) is 3.84. The molecule has 0 aliphatic carbocycles. The van der Waals surface area contributed by atoms with Crippen molar-refractivity contribution in [2.75, 3.05) is 5.32 Å². The number of rotatable bonds is 3. The van der Waals surface area contributed by atoms with Gasteiger partial charge in [0.25, 0.3) is 0 Å². The maximum absolute atomic E-state index is 12.3. The van der Waals surface area contributed by atoms with Crippen molar-refractivity contribution in [3.8, 4) is 0 Å². The summed E-state index contributed by atoms with van der Waals surface area (Å²) in [4.78, 5) is 11.3. The molecule has 1 aromatic rings. The molecule has 0 heterocycles. The van der Waals surface area contributed by atoms with Gasteiger partial charge in [-0.3, -0.25) is 4.79 Å². The van der Waals surface area contributed by atoms with Crippen molar-refractivity contribution in [3.05, 3.63) is 24.3 Å². The largest absolute Gasteiger partial charge is 1.00 e. The smallest absolute Gasteiger partial charge is 0.445 e. The molecule has 88 valence electrons. The number of anilines is 1. The average molecular weight is 269 g/mol. The summed E-state index contributed by atoms with van der Waals surface area (Å²) in [5, 5.41) is 2.52. The van der Waals surface area contributed by atoms with Crippen LogP contribution in [0.1, 0.15) is 13.8 Å². The molecule has 0 spiro atoms. The number of carbonyl (C=O) groups is 1. The molecule has 0 atom stereocenters. The van der Waals surface area contributed by atoms with Crippen LogP contribution in [0.4, 0.5) is 18.6 Å². The average Bonchev–Trinajstić information content (AvgIpc) is 2.17. The van der Waals surface area contributed by atoms with E-state index in [9.17, 15) is 17.7 Å². The van der Waals surface area contributed by atoms with E-state index >= 15 is 0 Å². The van der Waals surface area contributed by atoms with Gasteiger partial charge in [0.1, 0.15) is 0 Å². The van der Waals surface area contributed by atoms with E-state index in [1.165, 1.54) is 12.1 Å². The number of benzene rings is 1. The topological polar surface area (TPSA) is 29.1 Å². The van der Waals surface area contributed by atoms with Gasteiger partial charge in [0, 0.05) is 11.6 Å². The van der Waals surface area contributed by atoms with Gasteiger partial charge in [-0.1, -0.05) is 26.0 Å². The molecule has 7 heteroatoms. The molecule has 1 rings (SSSR count). The molecule has 17 heavy (non-hydrogen) atoms. The first-order valence-corrected chi connectivity index (χ1v) is 4.91. The zero-order valence-electron chi connectivity index (χ0n) is 10.0. The molecule has 0 saturated heterocycles. The Kier molecular flexibility index (Phi) is 7.01. The van der Waals surface area contributed by atoms with Crippen LogP contribution in [-0.2, 0) is 4.79 Å². The summed E-state index contributed by atoms with van der Waals surface area (Å²) in [7, 11) is 0. The van der Waals surface area contributed by atoms with Gasteiger partial charge in [-0.05, 0) is 12.1 Å². The van der Waals surface area contributed by atoms with E-state index in [2.05, 4.69) is 5.32 Å². The van der Waals surface area contributed by atoms with E-state index in [0.29, 0.717) is 5.69 Å². The van der Waals surface area contributed by atoms with Gasteiger partial charge in [0.2, 0.25) is 5.91 Å². The number of hydrogen-bond donors (Lipinski definition) is 1. The SMILES string of the molecule is CC(C)C(=O)Nc1ccc([B-](F)(F)F)cc1.[K+]. The maximum Gasteiger partial charge on any atom is 1.00 e. The van der Waals surface area contributed by atoms with Crippen LogP contribution in [0.5, 0.6) is 0 Å². The van der Waals surface area contributed by atoms with Gasteiger partial charge in [-0.2, -0.15) is 0 Å². The second kappa shape index (κ2) is 6.94. The Morgan fingerprint density at radius 3 is 2.00 bits per heavy atom. The molecule has 0 aromatic heterocycles. The first kappa shape index (κ1) is 17.2. The van der Waals surface area contributed by atoms with Gasteiger partial charge in [-0.25, -0.2) is 0 Å². The summed E-state index contributed by atoms with van der Waals surface area (Å²) in [6.45, 7) is -1.55. The predicted molar refractivity (Wildman–Crippen MR) is 58.6 cm³/mol. The predicted octanol–water partition coefficient (Wildman–Crippen LogP) is -0.661. The van der Waals surface area contributed by atoms with Crippen LogP contribution in [0.2, 0.25) is 0 Å². The van der Waals surface area contributed by atoms with E-state index in [1.54, 1.807) is 13.8 Å². The molecule has 0 saturated carbocycles. The maximum atomic E-state index is 12.3. The van der Waals surface area contributed by atoms with Crippen LogP contribution in [0.3, 0.4) is 0 Å². The first-order valence-electron chi connectivity index (χ1n) is 4.91. The minimum Gasteiger partial charge on any atom is -0.445 e. The third-order valence-corrected chi connectivity index (χ3v) is 2.08. The van der Waals surface area contributed by atoms with Gasteiger partial charge in [0.05, 0.1) is 0 Å². The van der Waals surface area contributed by atoms with Crippen molar-refractivity contribution in [2.24, 2.45) is 5.92 Å². The summed E-state index contributed by atoms with van der Waals surface area (Å²) in [6.07, 6.45) is 0. The summed E-state index contributed by atoms with van der Waals surface area (Å²) < 4.78 is 36.9. The van der Waals surface area contributed by atoms with Crippen LogP contribution in [-0.4, -0.2) is 12.9 Å². The molecule has 1 N–H and O–H groups in total. The minimum atomic E-state index is -4.97. The number of nitrogens with one attached hydrogen (secondary N) is 1. The molecule has 1 aromatic carbocycles. The summed E-state index contributed by atoms with van der Waals surface area (Å²) >= 11 is 0. The second-order valence-electron chi connectivity index (χ2n) is 3.84. The zero-order valence-corrected chi connectivity index (χ0v) is 13.1. The van der Waals surface area contributed by atoms with Gasteiger partial charge in [0.15, 0.2) is 0 Å². The summed E-state index contributed by atoms with van der Waals surface area (Å²) in [5.41, 5.74) is -0.287. The fourth-order valence-corrected chi connectivity index (χ4v) is 1.07. The van der Waals surface area contributed by atoms with Crippen molar-refractivity contribution in [1.82, 2.24) is 0 Å². The van der Waals surface area contributed by atoms with Crippen LogP contribution in [0.15, 0.2) is 24.3 Å². The van der Waals surface area contributed by atoms with Crippen molar-refractivity contribution in [1.29, 1.82) is 0 Å². The molecule has 1 amide bonds. The molecule has 0 unspecified atom stereocenters. The van der Waals surface area contributed by atoms with Crippen molar-refractivity contribution in [2.45, 2.75) is 13.8 Å². The Labute approximate surface area is 141 Å². The molecule has 2 nitrogen and oxygen atoms in total. The molecular formula is C10H12BF3KNO. The van der Waals surface area contributed by atoms with E-state index in [0.717, 1.165) is 12.1 Å². The standard InChI is InChI=1S/C10H12BF3NO.K/c1-7(2)10(16)15-9-5-3-8(4-6-9)11(12,13)14;/h3-7H,1-2H3,(H,15,16);/q-1;+1. The number of carbonyl (C=O) groups excluding carboxylic acids is 1. The van der Waals surface area contributed by atoms with Crippen LogP contribution < -0.4 is 62.2 Å². The van der Waals surface area contributed by atoms with Crippen LogP contribution >= 0.6 is 0 Å². The number of hydrogen-bond acceptors (Lipinski definition) is 1. The third kappa shape index (κ3) is 5.57. The Balaban J connectivity index is 0.00000256. The Morgan fingerprint density at radius 2 is 1.65 bits per heavy atom. The van der Waals surface area contributed by atoms with E-state index in [4.69, 9.17) is 0 Å². The van der Waals surface area contributed by atoms with Crippen LogP contribution in [0.25, 0.3) is 0 Å². The zero-order chi connectivity index (χ0) is 12.3. The quantitative estimate of drug-likeness (QED) is 0.725. The van der Waals surface area contributed by atoms with Gasteiger partial charge < -0.3 is 18.3 Å². The van der Waals surface area contributed by atoms with Gasteiger partial charge in [-0.15, -0.1) is 5.46 Å². The molecule has 0 fully saturated rings. The Morgan fingerprint density at radius 1 is 1.18 bits per heavy atom. The normalized spacial score (nSPS) is 10.9. The fraction of sp³-hybridized carbons (Fsp3) is 0.300. The van der Waals surface area contributed by atoms with Crippen molar-refractivity contribution < 1.29 is 69.1 Å². The number of amides is 1. The minimum absolute atomic E-state index is 0. The van der Waals surface area contributed by atoms with Gasteiger partial charge >= 0.3 is 58.4 Å². The van der Waals surface area contributed by atoms with E-state index in [1.807, 2.05) is 0 Å². The van der Waals surface area contributed by atoms with Crippen molar-refractivity contribution >= 4 is 24.0 Å². The Bertz CT molecular complexity index is 378. The molecule has 0 bridgehead atoms. The molecular weight excluding hydrogens is 257 g/mol. The van der Waals surface area contributed by atoms with Crippen molar-refractivity contribution in [3.63, 3.8) is 0 Å². The van der Waals surface area contributed by atoms with E-state index in [-0.39, 0.29) is 63.2 Å². The molecule has 0 aliphatic heterocycles. The summed E-state index contributed by atoms with van der Waals surface area (Å²) in [5.74, 6) is -0.420. The fourth-order valence-electron chi connectivity index (χ4n) is 1.07. The molecule has 0 radical (unpaired) electrons. The Hall–Kier alpha value is 0.181. The van der Waals surface area contributed by atoms with E-state index < -0.39 is 12.4 Å². The first-order chi connectivity index (χ1) is 7.30.